The quantitative estimate of drug-likeness (QED) is 0.256. The highest BCUT2D eigenvalue weighted by Gasteiger charge is 2.31. The zero-order valence-electron chi connectivity index (χ0n) is 8.33. The predicted molar refractivity (Wildman–Crippen MR) is 52.8 cm³/mol. The molecule has 1 saturated carbocycles. The number of nitrogens with one attached hydrogen (secondary N) is 1. The monoisotopic (exact) mass is 185 g/mol. The van der Waals surface area contributed by atoms with E-state index in [-0.39, 0.29) is 0 Å². The summed E-state index contributed by atoms with van der Waals surface area (Å²) in [6.07, 6.45) is 1.95. The van der Waals surface area contributed by atoms with Crippen LogP contribution < -0.4 is 11.1 Å². The highest BCUT2D eigenvalue weighted by atomic mass is 16.4. The first-order valence-corrected chi connectivity index (χ1v) is 4.83. The Labute approximate surface area is 79.2 Å². The van der Waals surface area contributed by atoms with E-state index >= 15 is 0 Å². The van der Waals surface area contributed by atoms with E-state index < -0.39 is 0 Å². The van der Waals surface area contributed by atoms with Gasteiger partial charge in [-0.3, -0.25) is 0 Å². The summed E-state index contributed by atoms with van der Waals surface area (Å²) in [6, 6.07) is 0.295. The van der Waals surface area contributed by atoms with Gasteiger partial charge < -0.3 is 16.3 Å². The molecule has 1 rings (SSSR count). The van der Waals surface area contributed by atoms with Crippen molar-refractivity contribution >= 4 is 5.84 Å². The second-order valence-electron chi connectivity index (χ2n) is 4.08. The predicted octanol–water partition coefficient (Wildman–Crippen LogP) is 0.757. The van der Waals surface area contributed by atoms with Crippen LogP contribution in [0, 0.1) is 11.8 Å². The van der Waals surface area contributed by atoms with Crippen LogP contribution in [-0.2, 0) is 0 Å². The Bertz CT molecular complexity index is 193. The van der Waals surface area contributed by atoms with Crippen molar-refractivity contribution < 1.29 is 5.21 Å². The van der Waals surface area contributed by atoms with Crippen LogP contribution in [-0.4, -0.2) is 23.6 Å². The number of hydrogen-bond donors (Lipinski definition) is 3. The molecule has 4 N–H and O–H groups in total. The van der Waals surface area contributed by atoms with Crippen molar-refractivity contribution in [1.29, 1.82) is 0 Å². The van der Waals surface area contributed by atoms with Gasteiger partial charge in [0.1, 0.15) is 5.84 Å². The molecule has 0 spiro atoms. The molecule has 1 aliphatic carbocycles. The van der Waals surface area contributed by atoms with Crippen LogP contribution in [0.5, 0.6) is 0 Å². The summed E-state index contributed by atoms with van der Waals surface area (Å²) in [4.78, 5) is 0. The minimum Gasteiger partial charge on any atom is -0.409 e. The second-order valence-corrected chi connectivity index (χ2v) is 4.08. The maximum absolute atomic E-state index is 8.35. The lowest BCUT2D eigenvalue weighted by atomic mass is 10.2. The van der Waals surface area contributed by atoms with E-state index in [4.69, 9.17) is 10.9 Å². The molecular weight excluding hydrogens is 166 g/mol. The molecule has 0 bridgehead atoms. The number of nitrogens with zero attached hydrogens (tertiary/aromatic N) is 1. The van der Waals surface area contributed by atoms with E-state index in [0.29, 0.717) is 18.3 Å². The van der Waals surface area contributed by atoms with Crippen molar-refractivity contribution in [3.05, 3.63) is 0 Å². The van der Waals surface area contributed by atoms with Gasteiger partial charge in [-0.2, -0.15) is 0 Å². The molecule has 4 nitrogen and oxygen atoms in total. The van der Waals surface area contributed by atoms with Gasteiger partial charge in [0, 0.05) is 12.5 Å². The lowest BCUT2D eigenvalue weighted by Gasteiger charge is -2.12. The molecule has 4 heteroatoms. The highest BCUT2D eigenvalue weighted by Crippen LogP contribution is 2.36. The third-order valence-electron chi connectivity index (χ3n) is 2.65. The molecule has 0 aromatic rings. The molecule has 0 aliphatic heterocycles. The molecular formula is C9H19N3O. The first-order valence-electron chi connectivity index (χ1n) is 4.83. The normalized spacial score (nSPS) is 30.2. The maximum atomic E-state index is 8.35. The van der Waals surface area contributed by atoms with Gasteiger partial charge in [-0.1, -0.05) is 12.1 Å². The Morgan fingerprint density at radius 1 is 1.77 bits per heavy atom. The first-order chi connectivity index (χ1) is 6.13. The average molecular weight is 185 g/mol. The van der Waals surface area contributed by atoms with Crippen LogP contribution >= 0.6 is 0 Å². The van der Waals surface area contributed by atoms with Gasteiger partial charge in [0.15, 0.2) is 0 Å². The minimum absolute atomic E-state index is 0.295. The Morgan fingerprint density at radius 2 is 2.38 bits per heavy atom. The number of nitrogens with two attached hydrogens (primary N) is 1. The van der Waals surface area contributed by atoms with Gasteiger partial charge >= 0.3 is 0 Å². The SMILES string of the molecule is CC(CC(N)=NO)NCC1CC1C. The summed E-state index contributed by atoms with van der Waals surface area (Å²) in [7, 11) is 0. The molecule has 0 aromatic carbocycles. The minimum atomic E-state index is 0.295. The Morgan fingerprint density at radius 3 is 2.85 bits per heavy atom. The average Bonchev–Trinajstić information content (AvgIpc) is 2.78. The fourth-order valence-corrected chi connectivity index (χ4v) is 1.46. The summed E-state index contributed by atoms with van der Waals surface area (Å²) in [5, 5.41) is 14.7. The Balaban J connectivity index is 2.07. The summed E-state index contributed by atoms with van der Waals surface area (Å²) in [6.45, 7) is 5.37. The Hall–Kier alpha value is -0.770. The zero-order chi connectivity index (χ0) is 9.84. The standard InChI is InChI=1S/C9H19N3O/c1-6-3-8(6)5-11-7(2)4-9(10)12-13/h6-8,11,13H,3-5H2,1-2H3,(H2,10,12). The van der Waals surface area contributed by atoms with Gasteiger partial charge in [-0.25, -0.2) is 0 Å². The molecule has 3 unspecified atom stereocenters. The topological polar surface area (TPSA) is 70.6 Å². The van der Waals surface area contributed by atoms with Gasteiger partial charge in [-0.05, 0) is 31.7 Å². The number of amidine groups is 1. The molecule has 0 heterocycles. The van der Waals surface area contributed by atoms with E-state index in [1.54, 1.807) is 0 Å². The van der Waals surface area contributed by atoms with Crippen LogP contribution in [0.2, 0.25) is 0 Å². The molecule has 0 radical (unpaired) electrons. The van der Waals surface area contributed by atoms with E-state index in [9.17, 15) is 0 Å². The zero-order valence-corrected chi connectivity index (χ0v) is 8.33. The largest absolute Gasteiger partial charge is 0.409 e. The number of hydrogen-bond acceptors (Lipinski definition) is 3. The maximum Gasteiger partial charge on any atom is 0.140 e. The summed E-state index contributed by atoms with van der Waals surface area (Å²) in [5.41, 5.74) is 5.38. The van der Waals surface area contributed by atoms with Crippen LogP contribution in [0.4, 0.5) is 0 Å². The summed E-state index contributed by atoms with van der Waals surface area (Å²) < 4.78 is 0. The molecule has 3 atom stereocenters. The summed E-state index contributed by atoms with van der Waals surface area (Å²) in [5.74, 6) is 2.02. The molecule has 76 valence electrons. The third-order valence-corrected chi connectivity index (χ3v) is 2.65. The molecule has 0 amide bonds. The Kier molecular flexibility index (Phi) is 3.54. The van der Waals surface area contributed by atoms with Crippen molar-refractivity contribution in [2.45, 2.75) is 32.7 Å². The molecule has 1 fully saturated rings. The lowest BCUT2D eigenvalue weighted by Crippen LogP contribution is -2.32. The van der Waals surface area contributed by atoms with Crippen molar-refractivity contribution in [2.75, 3.05) is 6.54 Å². The second kappa shape index (κ2) is 4.46. The van der Waals surface area contributed by atoms with Crippen molar-refractivity contribution in [2.24, 2.45) is 22.7 Å². The first kappa shape index (κ1) is 10.3. The van der Waals surface area contributed by atoms with E-state index in [2.05, 4.69) is 17.4 Å². The molecule has 1 aliphatic rings. The third kappa shape index (κ3) is 3.63. The fraction of sp³-hybridized carbons (Fsp3) is 0.889. The lowest BCUT2D eigenvalue weighted by molar-refractivity contribution is 0.315. The van der Waals surface area contributed by atoms with Gasteiger partial charge in [0.25, 0.3) is 0 Å². The highest BCUT2D eigenvalue weighted by molar-refractivity contribution is 5.80. The van der Waals surface area contributed by atoms with E-state index in [0.717, 1.165) is 18.4 Å². The van der Waals surface area contributed by atoms with Crippen LogP contribution in [0.1, 0.15) is 26.7 Å². The molecule has 13 heavy (non-hydrogen) atoms. The molecule has 0 saturated heterocycles. The smallest absolute Gasteiger partial charge is 0.140 e. The van der Waals surface area contributed by atoms with Gasteiger partial charge in [-0.15, -0.1) is 0 Å². The van der Waals surface area contributed by atoms with Crippen LogP contribution in [0.25, 0.3) is 0 Å². The van der Waals surface area contributed by atoms with Crippen molar-refractivity contribution in [1.82, 2.24) is 5.32 Å². The number of rotatable bonds is 5. The van der Waals surface area contributed by atoms with Crippen LogP contribution in [0.3, 0.4) is 0 Å². The van der Waals surface area contributed by atoms with Gasteiger partial charge in [0.05, 0.1) is 0 Å². The van der Waals surface area contributed by atoms with Crippen LogP contribution in [0.15, 0.2) is 5.16 Å². The van der Waals surface area contributed by atoms with E-state index in [1.807, 2.05) is 6.92 Å². The van der Waals surface area contributed by atoms with Gasteiger partial charge in [0.2, 0.25) is 0 Å². The number of oxime groups is 1. The molecule has 0 aromatic heterocycles. The fourth-order valence-electron chi connectivity index (χ4n) is 1.46. The van der Waals surface area contributed by atoms with E-state index in [1.165, 1.54) is 6.42 Å². The van der Waals surface area contributed by atoms with Crippen molar-refractivity contribution in [3.8, 4) is 0 Å². The van der Waals surface area contributed by atoms with Crippen molar-refractivity contribution in [3.63, 3.8) is 0 Å². The summed E-state index contributed by atoms with van der Waals surface area (Å²) >= 11 is 0.